The molecule has 1 unspecified atom stereocenters. The van der Waals surface area contributed by atoms with Gasteiger partial charge in [0.2, 0.25) is 0 Å². The van der Waals surface area contributed by atoms with Crippen LogP contribution in [0.15, 0.2) is 24.3 Å². The van der Waals surface area contributed by atoms with Gasteiger partial charge in [-0.05, 0) is 17.7 Å². The number of carbonyl (C=O) groups excluding carboxylic acids is 1. The fourth-order valence-corrected chi connectivity index (χ4v) is 2.04. The monoisotopic (exact) mass is 295 g/mol. The van der Waals surface area contributed by atoms with Crippen molar-refractivity contribution in [3.8, 4) is 0 Å². The van der Waals surface area contributed by atoms with E-state index in [2.05, 4.69) is 5.32 Å². The Kier molecular flexibility index (Phi) is 5.07. The number of methoxy groups -OCH3 is 1. The molecular weight excluding hydrogens is 278 g/mol. The van der Waals surface area contributed by atoms with Crippen LogP contribution < -0.4 is 5.32 Å². The smallest absolute Gasteiger partial charge is 0.412 e. The lowest BCUT2D eigenvalue weighted by Crippen LogP contribution is -2.54. The molecule has 1 aliphatic rings. The first-order valence-electron chi connectivity index (χ1n) is 6.52. The topological polar surface area (TPSA) is 93.9 Å². The van der Waals surface area contributed by atoms with Gasteiger partial charge < -0.3 is 14.8 Å². The Morgan fingerprint density at radius 1 is 1.48 bits per heavy atom. The predicted octanol–water partition coefficient (Wildman–Crippen LogP) is 1.11. The van der Waals surface area contributed by atoms with Crippen LogP contribution in [0.4, 0.5) is 10.5 Å². The van der Waals surface area contributed by atoms with Gasteiger partial charge in [0.25, 0.3) is 5.69 Å². The molecule has 8 nitrogen and oxygen atoms in total. The third-order valence-corrected chi connectivity index (χ3v) is 3.21. The van der Waals surface area contributed by atoms with Gasteiger partial charge in [0.15, 0.2) is 0 Å². The van der Waals surface area contributed by atoms with Crippen molar-refractivity contribution in [3.05, 3.63) is 39.9 Å². The minimum atomic E-state index is -0.473. The molecule has 1 saturated heterocycles. The number of rotatable bonds is 4. The van der Waals surface area contributed by atoms with Crippen LogP contribution in [0.1, 0.15) is 5.56 Å². The maximum absolute atomic E-state index is 12.0. The summed E-state index contributed by atoms with van der Waals surface area (Å²) in [5, 5.41) is 13.7. The van der Waals surface area contributed by atoms with E-state index in [1.807, 2.05) is 0 Å². The highest BCUT2D eigenvalue weighted by molar-refractivity contribution is 5.68. The minimum Gasteiger partial charge on any atom is -0.444 e. The van der Waals surface area contributed by atoms with Gasteiger partial charge in [0.1, 0.15) is 12.8 Å². The number of hydrogen-bond donors (Lipinski definition) is 1. The molecule has 0 spiro atoms. The maximum atomic E-state index is 12.0. The highest BCUT2D eigenvalue weighted by atomic mass is 16.6. The van der Waals surface area contributed by atoms with E-state index >= 15 is 0 Å². The number of nitro groups is 1. The summed E-state index contributed by atoms with van der Waals surface area (Å²) in [6.45, 7) is 1.82. The van der Waals surface area contributed by atoms with E-state index in [9.17, 15) is 14.9 Å². The summed E-state index contributed by atoms with van der Waals surface area (Å²) in [6, 6.07) is 5.89. The number of hydrogen-bond acceptors (Lipinski definition) is 6. The van der Waals surface area contributed by atoms with Crippen molar-refractivity contribution in [3.63, 3.8) is 0 Å². The van der Waals surface area contributed by atoms with E-state index in [-0.39, 0.29) is 18.5 Å². The second-order valence-corrected chi connectivity index (χ2v) is 4.57. The molecule has 1 fully saturated rings. The Bertz CT molecular complexity index is 505. The zero-order chi connectivity index (χ0) is 15.2. The van der Waals surface area contributed by atoms with Crippen LogP contribution in [-0.2, 0) is 16.1 Å². The first-order valence-corrected chi connectivity index (χ1v) is 6.52. The van der Waals surface area contributed by atoms with Crippen molar-refractivity contribution in [2.24, 2.45) is 0 Å². The molecule has 1 atom stereocenters. The SMILES string of the molecule is COC1CNCCN1C(=O)OCc1ccc([N+](=O)[O-])cc1. The van der Waals surface area contributed by atoms with Gasteiger partial charge in [0.05, 0.1) is 4.92 Å². The molecule has 0 aliphatic carbocycles. The van der Waals surface area contributed by atoms with Crippen molar-refractivity contribution >= 4 is 11.8 Å². The standard InChI is InChI=1S/C13H17N3O5/c1-20-12-8-14-6-7-15(12)13(17)21-9-10-2-4-11(5-3-10)16(18)19/h2-5,12,14H,6-9H2,1H3. The van der Waals surface area contributed by atoms with Gasteiger partial charge in [-0.25, -0.2) is 4.79 Å². The van der Waals surface area contributed by atoms with Crippen molar-refractivity contribution < 1.29 is 19.2 Å². The molecule has 1 N–H and O–H groups in total. The Labute approximate surface area is 121 Å². The lowest BCUT2D eigenvalue weighted by molar-refractivity contribution is -0.384. The molecule has 0 bridgehead atoms. The highest BCUT2D eigenvalue weighted by Crippen LogP contribution is 2.13. The van der Waals surface area contributed by atoms with Gasteiger partial charge in [-0.15, -0.1) is 0 Å². The van der Waals surface area contributed by atoms with Gasteiger partial charge in [-0.2, -0.15) is 0 Å². The summed E-state index contributed by atoms with van der Waals surface area (Å²) in [6.07, 6.45) is -0.801. The summed E-state index contributed by atoms with van der Waals surface area (Å²) in [5.41, 5.74) is 0.699. The fourth-order valence-electron chi connectivity index (χ4n) is 2.04. The molecule has 1 aromatic rings. The first-order chi connectivity index (χ1) is 10.1. The Balaban J connectivity index is 1.89. The Morgan fingerprint density at radius 2 is 2.19 bits per heavy atom. The number of nitrogens with zero attached hydrogens (tertiary/aromatic N) is 2. The quantitative estimate of drug-likeness (QED) is 0.660. The third kappa shape index (κ3) is 3.89. The van der Waals surface area contributed by atoms with Crippen LogP contribution in [-0.4, -0.2) is 48.9 Å². The van der Waals surface area contributed by atoms with Crippen LogP contribution in [0.2, 0.25) is 0 Å². The zero-order valence-corrected chi connectivity index (χ0v) is 11.7. The van der Waals surface area contributed by atoms with Crippen molar-refractivity contribution in [2.75, 3.05) is 26.7 Å². The summed E-state index contributed by atoms with van der Waals surface area (Å²) in [4.78, 5) is 23.6. The number of ether oxygens (including phenoxy) is 2. The zero-order valence-electron chi connectivity index (χ0n) is 11.7. The van der Waals surface area contributed by atoms with E-state index < -0.39 is 11.0 Å². The van der Waals surface area contributed by atoms with Crippen LogP contribution in [0, 0.1) is 10.1 Å². The number of carbonyl (C=O) groups is 1. The molecule has 0 saturated carbocycles. The van der Waals surface area contributed by atoms with E-state index in [0.29, 0.717) is 25.2 Å². The van der Waals surface area contributed by atoms with Gasteiger partial charge in [0, 0.05) is 38.9 Å². The predicted molar refractivity (Wildman–Crippen MR) is 73.7 cm³/mol. The van der Waals surface area contributed by atoms with E-state index in [4.69, 9.17) is 9.47 Å². The number of nitro benzene ring substituents is 1. The lowest BCUT2D eigenvalue weighted by Gasteiger charge is -2.34. The molecule has 1 aliphatic heterocycles. The Hall–Kier alpha value is -2.19. The van der Waals surface area contributed by atoms with E-state index in [0.717, 1.165) is 0 Å². The molecule has 114 valence electrons. The number of piperazine rings is 1. The average Bonchev–Trinajstić information content (AvgIpc) is 2.52. The molecule has 2 rings (SSSR count). The number of nitrogens with one attached hydrogen (secondary N) is 1. The maximum Gasteiger partial charge on any atom is 0.412 e. The summed E-state index contributed by atoms with van der Waals surface area (Å²) >= 11 is 0. The second-order valence-electron chi connectivity index (χ2n) is 4.57. The molecule has 0 radical (unpaired) electrons. The number of non-ortho nitro benzene ring substituents is 1. The molecule has 8 heteroatoms. The van der Waals surface area contributed by atoms with Crippen LogP contribution >= 0.6 is 0 Å². The molecule has 1 aromatic carbocycles. The first kappa shape index (κ1) is 15.2. The van der Waals surface area contributed by atoms with Crippen LogP contribution in [0.3, 0.4) is 0 Å². The molecule has 0 aromatic heterocycles. The third-order valence-electron chi connectivity index (χ3n) is 3.21. The normalized spacial score (nSPS) is 18.3. The Morgan fingerprint density at radius 3 is 2.81 bits per heavy atom. The summed E-state index contributed by atoms with van der Waals surface area (Å²) in [7, 11) is 1.54. The molecule has 1 amide bonds. The van der Waals surface area contributed by atoms with Crippen LogP contribution in [0.5, 0.6) is 0 Å². The van der Waals surface area contributed by atoms with Crippen molar-refractivity contribution in [2.45, 2.75) is 12.8 Å². The van der Waals surface area contributed by atoms with Crippen molar-refractivity contribution in [1.82, 2.24) is 10.2 Å². The lowest BCUT2D eigenvalue weighted by atomic mass is 10.2. The second kappa shape index (κ2) is 7.00. The van der Waals surface area contributed by atoms with E-state index in [1.165, 1.54) is 24.1 Å². The largest absolute Gasteiger partial charge is 0.444 e. The molecule has 1 heterocycles. The summed E-state index contributed by atoms with van der Waals surface area (Å²) < 4.78 is 10.4. The summed E-state index contributed by atoms with van der Waals surface area (Å²) in [5.74, 6) is 0. The number of amides is 1. The molecule has 21 heavy (non-hydrogen) atoms. The number of benzene rings is 1. The highest BCUT2D eigenvalue weighted by Gasteiger charge is 2.27. The fraction of sp³-hybridized carbons (Fsp3) is 0.462. The van der Waals surface area contributed by atoms with Gasteiger partial charge >= 0.3 is 6.09 Å². The van der Waals surface area contributed by atoms with Crippen LogP contribution in [0.25, 0.3) is 0 Å². The molecular formula is C13H17N3O5. The average molecular weight is 295 g/mol. The van der Waals surface area contributed by atoms with Crippen molar-refractivity contribution in [1.29, 1.82) is 0 Å². The van der Waals surface area contributed by atoms with Gasteiger partial charge in [-0.3, -0.25) is 15.0 Å². The minimum absolute atomic E-state index is 0.00614. The van der Waals surface area contributed by atoms with E-state index in [1.54, 1.807) is 12.1 Å². The van der Waals surface area contributed by atoms with Gasteiger partial charge in [-0.1, -0.05) is 0 Å².